The number of hydrogen-bond acceptors (Lipinski definition) is 3. The highest BCUT2D eigenvalue weighted by atomic mass is 35.5. The van der Waals surface area contributed by atoms with Gasteiger partial charge in [-0.05, 0) is 30.7 Å². The minimum absolute atomic E-state index is 0.0740. The number of aryl methyl sites for hydroxylation is 1. The van der Waals surface area contributed by atoms with Gasteiger partial charge in [-0.1, -0.05) is 29.8 Å². The number of aromatic nitrogens is 2. The van der Waals surface area contributed by atoms with Gasteiger partial charge in [0.25, 0.3) is 0 Å². The Morgan fingerprint density at radius 3 is 2.81 bits per heavy atom. The summed E-state index contributed by atoms with van der Waals surface area (Å²) in [5.74, 6) is -0.786. The second kappa shape index (κ2) is 5.10. The molecule has 6 heteroatoms. The number of hydrogen-bond donors (Lipinski definition) is 2. The van der Waals surface area contributed by atoms with Crippen LogP contribution in [0.15, 0.2) is 42.6 Å². The van der Waals surface area contributed by atoms with Crippen LogP contribution in [0.1, 0.15) is 16.1 Å². The average molecular weight is 302 g/mol. The second-order valence-corrected chi connectivity index (χ2v) is 5.01. The summed E-state index contributed by atoms with van der Waals surface area (Å²) >= 11 is 6.17. The third-order valence-corrected chi connectivity index (χ3v) is 3.51. The first-order valence-corrected chi connectivity index (χ1v) is 6.68. The molecule has 106 valence electrons. The summed E-state index contributed by atoms with van der Waals surface area (Å²) in [5, 5.41) is 13.0. The van der Waals surface area contributed by atoms with Crippen LogP contribution < -0.4 is 5.32 Å². The van der Waals surface area contributed by atoms with E-state index in [2.05, 4.69) is 10.3 Å². The van der Waals surface area contributed by atoms with Crippen LogP contribution in [0.3, 0.4) is 0 Å². The highest BCUT2D eigenvalue weighted by molar-refractivity contribution is 6.33. The zero-order valence-electron chi connectivity index (χ0n) is 11.2. The molecule has 0 aliphatic carbocycles. The Kier molecular flexibility index (Phi) is 3.27. The molecule has 2 N–H and O–H groups in total. The first-order chi connectivity index (χ1) is 10.1. The Hall–Kier alpha value is -2.53. The highest BCUT2D eigenvalue weighted by Crippen LogP contribution is 2.30. The standard InChI is InChI=1S/C15H12ClN3O2/c1-9-5-4-6-10(16)12(9)18-14-13(15(20)21)19-8-3-2-7-11(19)17-14/h2-8,18H,1H3,(H,20,21). The molecule has 21 heavy (non-hydrogen) atoms. The van der Waals surface area contributed by atoms with E-state index in [4.69, 9.17) is 11.6 Å². The van der Waals surface area contributed by atoms with E-state index in [1.54, 1.807) is 30.5 Å². The predicted molar refractivity (Wildman–Crippen MR) is 81.6 cm³/mol. The van der Waals surface area contributed by atoms with Gasteiger partial charge in [-0.15, -0.1) is 0 Å². The Bertz CT molecular complexity index is 822. The molecule has 2 heterocycles. The van der Waals surface area contributed by atoms with Crippen molar-refractivity contribution in [1.82, 2.24) is 9.38 Å². The van der Waals surface area contributed by atoms with E-state index in [1.807, 2.05) is 19.1 Å². The fourth-order valence-electron chi connectivity index (χ4n) is 2.20. The molecule has 1 aromatic carbocycles. The molecule has 0 saturated carbocycles. The van der Waals surface area contributed by atoms with Gasteiger partial charge in [0, 0.05) is 6.20 Å². The van der Waals surface area contributed by atoms with E-state index >= 15 is 0 Å². The lowest BCUT2D eigenvalue weighted by molar-refractivity contribution is 0.0690. The van der Waals surface area contributed by atoms with Crippen LogP contribution in [0.25, 0.3) is 5.65 Å². The summed E-state index contributed by atoms with van der Waals surface area (Å²) in [6.45, 7) is 1.89. The van der Waals surface area contributed by atoms with E-state index in [9.17, 15) is 9.90 Å². The van der Waals surface area contributed by atoms with Crippen molar-refractivity contribution in [3.05, 3.63) is 58.9 Å². The smallest absolute Gasteiger partial charge is 0.356 e. The Balaban J connectivity index is 2.17. The molecule has 0 spiro atoms. The maximum atomic E-state index is 11.5. The third kappa shape index (κ3) is 2.32. The fourth-order valence-corrected chi connectivity index (χ4v) is 2.47. The first kappa shape index (κ1) is 13.5. The SMILES string of the molecule is Cc1cccc(Cl)c1Nc1nc2ccccn2c1C(=O)O. The van der Waals surface area contributed by atoms with Crippen molar-refractivity contribution in [2.45, 2.75) is 6.92 Å². The maximum Gasteiger partial charge on any atom is 0.356 e. The number of halogens is 1. The number of carbonyl (C=O) groups is 1. The van der Waals surface area contributed by atoms with Gasteiger partial charge in [-0.3, -0.25) is 4.40 Å². The average Bonchev–Trinajstić information content (AvgIpc) is 2.81. The molecular formula is C15H12ClN3O2. The second-order valence-electron chi connectivity index (χ2n) is 4.60. The summed E-state index contributed by atoms with van der Waals surface area (Å²) in [5.41, 5.74) is 2.20. The van der Waals surface area contributed by atoms with Crippen LogP contribution in [0, 0.1) is 6.92 Å². The molecule has 0 atom stereocenters. The van der Waals surface area contributed by atoms with Crippen LogP contribution in [0.2, 0.25) is 5.02 Å². The number of imidazole rings is 1. The molecule has 0 amide bonds. The molecule has 0 radical (unpaired) electrons. The minimum Gasteiger partial charge on any atom is -0.476 e. The van der Waals surface area contributed by atoms with E-state index < -0.39 is 5.97 Å². The summed E-state index contributed by atoms with van der Waals surface area (Å²) in [6, 6.07) is 10.8. The minimum atomic E-state index is -1.05. The normalized spacial score (nSPS) is 10.8. The van der Waals surface area contributed by atoms with Crippen LogP contribution in [-0.4, -0.2) is 20.5 Å². The summed E-state index contributed by atoms with van der Waals surface area (Å²) in [7, 11) is 0. The fraction of sp³-hybridized carbons (Fsp3) is 0.0667. The van der Waals surface area contributed by atoms with Crippen molar-refractivity contribution in [1.29, 1.82) is 0 Å². The van der Waals surface area contributed by atoms with Gasteiger partial charge in [0.15, 0.2) is 11.5 Å². The molecule has 0 aliphatic rings. The summed E-state index contributed by atoms with van der Waals surface area (Å²) < 4.78 is 1.52. The van der Waals surface area contributed by atoms with Gasteiger partial charge in [0.1, 0.15) is 5.65 Å². The molecule has 0 unspecified atom stereocenters. The van der Waals surface area contributed by atoms with E-state index in [0.29, 0.717) is 16.4 Å². The van der Waals surface area contributed by atoms with Crippen LogP contribution in [0.4, 0.5) is 11.5 Å². The first-order valence-electron chi connectivity index (χ1n) is 6.30. The largest absolute Gasteiger partial charge is 0.476 e. The number of nitrogens with zero attached hydrogens (tertiary/aromatic N) is 2. The molecule has 5 nitrogen and oxygen atoms in total. The van der Waals surface area contributed by atoms with Gasteiger partial charge < -0.3 is 10.4 Å². The number of anilines is 2. The van der Waals surface area contributed by atoms with Gasteiger partial charge >= 0.3 is 5.97 Å². The molecule has 0 fully saturated rings. The number of carboxylic acids is 1. The highest BCUT2D eigenvalue weighted by Gasteiger charge is 2.19. The monoisotopic (exact) mass is 301 g/mol. The van der Waals surface area contributed by atoms with Crippen molar-refractivity contribution in [3.8, 4) is 0 Å². The summed E-state index contributed by atoms with van der Waals surface area (Å²) in [4.78, 5) is 15.8. The van der Waals surface area contributed by atoms with Gasteiger partial charge in [-0.2, -0.15) is 0 Å². The van der Waals surface area contributed by atoms with E-state index in [0.717, 1.165) is 5.56 Å². The van der Waals surface area contributed by atoms with Gasteiger partial charge in [0.2, 0.25) is 0 Å². The Morgan fingerprint density at radius 1 is 1.29 bits per heavy atom. The Labute approximate surface area is 125 Å². The third-order valence-electron chi connectivity index (χ3n) is 3.20. The number of rotatable bonds is 3. The lowest BCUT2D eigenvalue weighted by Crippen LogP contribution is -2.06. The number of para-hydroxylation sites is 1. The van der Waals surface area contributed by atoms with Crippen LogP contribution >= 0.6 is 11.6 Å². The zero-order chi connectivity index (χ0) is 15.0. The number of aromatic carboxylic acids is 1. The topological polar surface area (TPSA) is 66.6 Å². The lowest BCUT2D eigenvalue weighted by Gasteiger charge is -2.09. The van der Waals surface area contributed by atoms with Crippen molar-refractivity contribution < 1.29 is 9.90 Å². The number of nitrogens with one attached hydrogen (secondary N) is 1. The zero-order valence-corrected chi connectivity index (χ0v) is 11.9. The maximum absolute atomic E-state index is 11.5. The molecule has 3 rings (SSSR count). The molecule has 0 saturated heterocycles. The molecule has 0 bridgehead atoms. The number of carboxylic acid groups (broad SMARTS) is 1. The molecule has 2 aromatic heterocycles. The predicted octanol–water partition coefficient (Wildman–Crippen LogP) is 3.74. The van der Waals surface area contributed by atoms with E-state index in [-0.39, 0.29) is 11.5 Å². The number of pyridine rings is 1. The van der Waals surface area contributed by atoms with Crippen molar-refractivity contribution in [2.75, 3.05) is 5.32 Å². The number of benzene rings is 1. The van der Waals surface area contributed by atoms with Crippen LogP contribution in [-0.2, 0) is 0 Å². The quantitative estimate of drug-likeness (QED) is 0.773. The summed E-state index contributed by atoms with van der Waals surface area (Å²) in [6.07, 6.45) is 1.66. The lowest BCUT2D eigenvalue weighted by atomic mass is 10.2. The van der Waals surface area contributed by atoms with Crippen LogP contribution in [0.5, 0.6) is 0 Å². The molecule has 3 aromatic rings. The van der Waals surface area contributed by atoms with Gasteiger partial charge in [0.05, 0.1) is 10.7 Å². The van der Waals surface area contributed by atoms with Crippen molar-refractivity contribution >= 4 is 34.7 Å². The van der Waals surface area contributed by atoms with E-state index in [1.165, 1.54) is 4.40 Å². The van der Waals surface area contributed by atoms with Crippen molar-refractivity contribution in [2.24, 2.45) is 0 Å². The molecular weight excluding hydrogens is 290 g/mol. The molecule has 0 aliphatic heterocycles. The van der Waals surface area contributed by atoms with Gasteiger partial charge in [-0.25, -0.2) is 9.78 Å². The number of fused-ring (bicyclic) bond motifs is 1. The van der Waals surface area contributed by atoms with Crippen molar-refractivity contribution in [3.63, 3.8) is 0 Å². The Morgan fingerprint density at radius 2 is 2.10 bits per heavy atom.